The first-order valence-electron chi connectivity index (χ1n) is 5.89. The van der Waals surface area contributed by atoms with E-state index in [1.54, 1.807) is 0 Å². The molecule has 0 fully saturated rings. The molecule has 4 nitrogen and oxygen atoms in total. The summed E-state index contributed by atoms with van der Waals surface area (Å²) < 4.78 is 16.3. The van der Waals surface area contributed by atoms with Crippen molar-refractivity contribution in [1.82, 2.24) is 0 Å². The van der Waals surface area contributed by atoms with Crippen LogP contribution in [-0.2, 0) is 9.47 Å². The number of anilines is 1. The summed E-state index contributed by atoms with van der Waals surface area (Å²) >= 11 is 0. The molecule has 0 bridgehead atoms. The van der Waals surface area contributed by atoms with E-state index < -0.39 is 0 Å². The van der Waals surface area contributed by atoms with Crippen molar-refractivity contribution in [2.24, 2.45) is 0 Å². The van der Waals surface area contributed by atoms with E-state index >= 15 is 0 Å². The van der Waals surface area contributed by atoms with E-state index in [2.05, 4.69) is 0 Å². The van der Waals surface area contributed by atoms with Gasteiger partial charge >= 0.3 is 0 Å². The highest BCUT2D eigenvalue weighted by Gasteiger charge is 2.09. The minimum atomic E-state index is -0.326. The van der Waals surface area contributed by atoms with Crippen molar-refractivity contribution >= 4 is 5.69 Å². The summed E-state index contributed by atoms with van der Waals surface area (Å²) in [7, 11) is 0. The van der Waals surface area contributed by atoms with Gasteiger partial charge in [-0.25, -0.2) is 0 Å². The summed E-state index contributed by atoms with van der Waals surface area (Å²) in [5.74, 6) is 0.734. The number of rotatable bonds is 7. The van der Waals surface area contributed by atoms with Gasteiger partial charge in [-0.05, 0) is 32.4 Å². The van der Waals surface area contributed by atoms with Crippen LogP contribution >= 0.6 is 0 Å². The Morgan fingerprint density at radius 2 is 1.82 bits per heavy atom. The van der Waals surface area contributed by atoms with E-state index in [1.807, 2.05) is 39.0 Å². The lowest BCUT2D eigenvalue weighted by molar-refractivity contribution is -0.152. The molecule has 1 rings (SSSR count). The van der Waals surface area contributed by atoms with Gasteiger partial charge in [0, 0.05) is 25.0 Å². The fraction of sp³-hybridized carbons (Fsp3) is 0.538. The molecular formula is C13H21NO3. The Morgan fingerprint density at radius 1 is 1.18 bits per heavy atom. The molecule has 1 aromatic rings. The highest BCUT2D eigenvalue weighted by molar-refractivity contribution is 5.50. The van der Waals surface area contributed by atoms with Gasteiger partial charge in [-0.1, -0.05) is 6.07 Å². The molecule has 0 aliphatic carbocycles. The lowest BCUT2D eigenvalue weighted by Gasteiger charge is -2.17. The molecule has 0 unspecified atom stereocenters. The van der Waals surface area contributed by atoms with Crippen LogP contribution in [0.3, 0.4) is 0 Å². The molecule has 96 valence electrons. The smallest absolute Gasteiger partial charge is 0.191 e. The molecule has 0 atom stereocenters. The van der Waals surface area contributed by atoms with Crippen LogP contribution in [0.15, 0.2) is 18.2 Å². The molecule has 0 aliphatic heterocycles. The molecular weight excluding hydrogens is 218 g/mol. The fourth-order valence-electron chi connectivity index (χ4n) is 1.39. The number of nitrogen functional groups attached to an aromatic ring is 1. The van der Waals surface area contributed by atoms with Crippen LogP contribution in [0.25, 0.3) is 0 Å². The van der Waals surface area contributed by atoms with Gasteiger partial charge in [0.25, 0.3) is 0 Å². The number of ether oxygens (including phenoxy) is 3. The second kappa shape index (κ2) is 7.14. The average Bonchev–Trinajstić information content (AvgIpc) is 2.31. The van der Waals surface area contributed by atoms with Gasteiger partial charge in [-0.2, -0.15) is 0 Å². The van der Waals surface area contributed by atoms with Gasteiger partial charge in [-0.15, -0.1) is 0 Å². The predicted octanol–water partition coefficient (Wildman–Crippen LogP) is 2.36. The van der Waals surface area contributed by atoms with Crippen molar-refractivity contribution in [1.29, 1.82) is 0 Å². The first-order valence-corrected chi connectivity index (χ1v) is 5.89. The Morgan fingerprint density at radius 3 is 2.35 bits per heavy atom. The highest BCUT2D eigenvalue weighted by Crippen LogP contribution is 2.19. The lowest BCUT2D eigenvalue weighted by atomic mass is 10.2. The van der Waals surface area contributed by atoms with E-state index in [-0.39, 0.29) is 6.29 Å². The van der Waals surface area contributed by atoms with Crippen LogP contribution in [-0.4, -0.2) is 26.1 Å². The van der Waals surface area contributed by atoms with Crippen LogP contribution in [0.5, 0.6) is 5.75 Å². The number of hydrogen-bond acceptors (Lipinski definition) is 4. The molecule has 0 heterocycles. The van der Waals surface area contributed by atoms with E-state index in [9.17, 15) is 0 Å². The van der Waals surface area contributed by atoms with Crippen LogP contribution in [0, 0.1) is 6.92 Å². The first-order chi connectivity index (χ1) is 8.17. The Labute approximate surface area is 103 Å². The molecule has 4 heteroatoms. The quantitative estimate of drug-likeness (QED) is 0.586. The Bertz CT molecular complexity index is 335. The summed E-state index contributed by atoms with van der Waals surface area (Å²) in [6.45, 7) is 7.38. The van der Waals surface area contributed by atoms with Crippen LogP contribution in [0.1, 0.15) is 19.4 Å². The van der Waals surface area contributed by atoms with E-state index in [0.29, 0.717) is 19.8 Å². The SMILES string of the molecule is CCOC(COc1ccc(C)c(N)c1)OCC. The third kappa shape index (κ3) is 4.63. The third-order valence-corrected chi connectivity index (χ3v) is 2.34. The molecule has 0 radical (unpaired) electrons. The summed E-state index contributed by atoms with van der Waals surface area (Å²) in [5.41, 5.74) is 7.58. The fourth-order valence-corrected chi connectivity index (χ4v) is 1.39. The third-order valence-electron chi connectivity index (χ3n) is 2.34. The molecule has 1 aromatic carbocycles. The molecule has 2 N–H and O–H groups in total. The molecule has 0 saturated heterocycles. The number of nitrogens with two attached hydrogens (primary N) is 1. The second-order valence-corrected chi connectivity index (χ2v) is 3.67. The van der Waals surface area contributed by atoms with E-state index in [4.69, 9.17) is 19.9 Å². The standard InChI is InChI=1S/C13H21NO3/c1-4-15-13(16-5-2)9-17-11-7-6-10(3)12(14)8-11/h6-8,13H,4-5,9,14H2,1-3H3. The summed E-state index contributed by atoms with van der Waals surface area (Å²) in [5, 5.41) is 0. The number of aryl methyl sites for hydroxylation is 1. The Kier molecular flexibility index (Phi) is 5.80. The maximum absolute atomic E-state index is 5.80. The van der Waals surface area contributed by atoms with Crippen molar-refractivity contribution < 1.29 is 14.2 Å². The Hall–Kier alpha value is -1.26. The normalized spacial score (nSPS) is 10.8. The Balaban J connectivity index is 2.49. The lowest BCUT2D eigenvalue weighted by Crippen LogP contribution is -2.25. The predicted molar refractivity (Wildman–Crippen MR) is 68.1 cm³/mol. The summed E-state index contributed by atoms with van der Waals surface area (Å²) in [6, 6.07) is 5.63. The van der Waals surface area contributed by atoms with Crippen molar-refractivity contribution in [3.8, 4) is 5.75 Å². The maximum atomic E-state index is 5.80. The van der Waals surface area contributed by atoms with Crippen molar-refractivity contribution in [3.05, 3.63) is 23.8 Å². The number of hydrogen-bond donors (Lipinski definition) is 1. The molecule has 0 saturated carbocycles. The zero-order valence-electron chi connectivity index (χ0n) is 10.7. The molecule has 0 aromatic heterocycles. The monoisotopic (exact) mass is 239 g/mol. The zero-order valence-corrected chi connectivity index (χ0v) is 10.7. The van der Waals surface area contributed by atoms with Crippen LogP contribution in [0.4, 0.5) is 5.69 Å². The molecule has 0 amide bonds. The van der Waals surface area contributed by atoms with E-state index in [1.165, 1.54) is 0 Å². The minimum Gasteiger partial charge on any atom is -0.488 e. The minimum absolute atomic E-state index is 0.326. The van der Waals surface area contributed by atoms with Gasteiger partial charge < -0.3 is 19.9 Å². The summed E-state index contributed by atoms with van der Waals surface area (Å²) in [4.78, 5) is 0. The number of benzene rings is 1. The zero-order chi connectivity index (χ0) is 12.7. The van der Waals surface area contributed by atoms with Crippen molar-refractivity contribution in [2.75, 3.05) is 25.6 Å². The largest absolute Gasteiger partial charge is 0.488 e. The molecule has 0 aliphatic rings. The van der Waals surface area contributed by atoms with Gasteiger partial charge in [0.1, 0.15) is 12.4 Å². The average molecular weight is 239 g/mol. The van der Waals surface area contributed by atoms with Gasteiger partial charge in [0.2, 0.25) is 0 Å². The maximum Gasteiger partial charge on any atom is 0.191 e. The topological polar surface area (TPSA) is 53.7 Å². The second-order valence-electron chi connectivity index (χ2n) is 3.67. The van der Waals surface area contributed by atoms with Crippen LogP contribution in [0.2, 0.25) is 0 Å². The van der Waals surface area contributed by atoms with Gasteiger partial charge in [0.05, 0.1) is 0 Å². The molecule has 0 spiro atoms. The first kappa shape index (κ1) is 13.8. The van der Waals surface area contributed by atoms with Crippen molar-refractivity contribution in [2.45, 2.75) is 27.1 Å². The van der Waals surface area contributed by atoms with Gasteiger partial charge in [0.15, 0.2) is 6.29 Å². The van der Waals surface area contributed by atoms with Crippen molar-refractivity contribution in [3.63, 3.8) is 0 Å². The highest BCUT2D eigenvalue weighted by atomic mass is 16.7. The van der Waals surface area contributed by atoms with Gasteiger partial charge in [-0.3, -0.25) is 0 Å². The van der Waals surface area contributed by atoms with Crippen LogP contribution < -0.4 is 10.5 Å². The summed E-state index contributed by atoms with van der Waals surface area (Å²) in [6.07, 6.45) is -0.326. The van der Waals surface area contributed by atoms with E-state index in [0.717, 1.165) is 17.0 Å². The molecule has 17 heavy (non-hydrogen) atoms.